The molecule has 0 radical (unpaired) electrons. The van der Waals surface area contributed by atoms with E-state index in [9.17, 15) is 4.79 Å². The number of para-hydroxylation sites is 1. The van der Waals surface area contributed by atoms with Crippen molar-refractivity contribution in [2.45, 2.75) is 13.0 Å². The molecule has 0 spiro atoms. The third-order valence-electron chi connectivity index (χ3n) is 4.41. The summed E-state index contributed by atoms with van der Waals surface area (Å²) >= 11 is 2.96. The summed E-state index contributed by atoms with van der Waals surface area (Å²) in [5.74, 6) is -0.132. The number of benzene rings is 2. The van der Waals surface area contributed by atoms with Crippen LogP contribution in [0.2, 0.25) is 0 Å². The molecule has 0 saturated heterocycles. The largest absolute Gasteiger partial charge is 0.367 e. The Morgan fingerprint density at radius 2 is 2.00 bits per heavy atom. The quantitative estimate of drug-likeness (QED) is 0.744. The Labute approximate surface area is 156 Å². The monoisotopic (exact) mass is 366 g/mol. The van der Waals surface area contributed by atoms with E-state index < -0.39 is 0 Å². The molecular formula is C20H18N2OS2. The molecule has 1 amide bonds. The van der Waals surface area contributed by atoms with Crippen LogP contribution >= 0.6 is 23.5 Å². The predicted molar refractivity (Wildman–Crippen MR) is 109 cm³/mol. The highest BCUT2D eigenvalue weighted by Gasteiger charge is 2.21. The van der Waals surface area contributed by atoms with E-state index in [1.54, 1.807) is 0 Å². The van der Waals surface area contributed by atoms with Crippen LogP contribution in [0, 0.1) is 0 Å². The van der Waals surface area contributed by atoms with Gasteiger partial charge in [-0.05, 0) is 41.5 Å². The first-order valence-corrected chi connectivity index (χ1v) is 10.3. The molecule has 0 bridgehead atoms. The summed E-state index contributed by atoms with van der Waals surface area (Å²) in [7, 11) is 0. The highest BCUT2D eigenvalue weighted by atomic mass is 32.2. The van der Waals surface area contributed by atoms with Gasteiger partial charge >= 0.3 is 0 Å². The van der Waals surface area contributed by atoms with Gasteiger partial charge in [0, 0.05) is 18.8 Å². The highest BCUT2D eigenvalue weighted by Crippen LogP contribution is 2.33. The van der Waals surface area contributed by atoms with Gasteiger partial charge in [-0.3, -0.25) is 4.79 Å². The van der Waals surface area contributed by atoms with Gasteiger partial charge in [-0.2, -0.15) is 4.99 Å². The van der Waals surface area contributed by atoms with Gasteiger partial charge in [0.15, 0.2) is 0 Å². The summed E-state index contributed by atoms with van der Waals surface area (Å²) in [5.41, 5.74) is 5.11. The van der Waals surface area contributed by atoms with Gasteiger partial charge in [0.1, 0.15) is 4.38 Å². The minimum Gasteiger partial charge on any atom is -0.367 e. The van der Waals surface area contributed by atoms with Crippen molar-refractivity contribution in [1.82, 2.24) is 0 Å². The van der Waals surface area contributed by atoms with E-state index in [-0.39, 0.29) is 5.91 Å². The van der Waals surface area contributed by atoms with Crippen molar-refractivity contribution >= 4 is 45.6 Å². The number of thioether (sulfide) groups is 2. The normalized spacial score (nSPS) is 18.0. The maximum absolute atomic E-state index is 11.9. The molecule has 2 aliphatic rings. The van der Waals surface area contributed by atoms with E-state index >= 15 is 0 Å². The minimum atomic E-state index is -0.132. The first kappa shape index (κ1) is 16.5. The number of amides is 1. The van der Waals surface area contributed by atoms with Gasteiger partial charge in [0.25, 0.3) is 5.91 Å². The van der Waals surface area contributed by atoms with Crippen LogP contribution in [0.25, 0.3) is 6.08 Å². The molecular weight excluding hydrogens is 348 g/mol. The van der Waals surface area contributed by atoms with Crippen LogP contribution in [-0.2, 0) is 17.8 Å². The van der Waals surface area contributed by atoms with Crippen molar-refractivity contribution in [1.29, 1.82) is 0 Å². The SMILES string of the molecule is CSC1=NC(=O)C(=Cc2ccc(CN3CCc4ccccc43)cc2)S1. The molecule has 0 N–H and O–H groups in total. The third kappa shape index (κ3) is 3.53. The summed E-state index contributed by atoms with van der Waals surface area (Å²) in [6, 6.07) is 17.1. The lowest BCUT2D eigenvalue weighted by Crippen LogP contribution is -2.19. The number of hydrogen-bond acceptors (Lipinski definition) is 4. The van der Waals surface area contributed by atoms with Crippen molar-refractivity contribution in [2.24, 2.45) is 4.99 Å². The van der Waals surface area contributed by atoms with Crippen LogP contribution in [0.3, 0.4) is 0 Å². The van der Waals surface area contributed by atoms with Crippen molar-refractivity contribution in [3.63, 3.8) is 0 Å². The summed E-state index contributed by atoms with van der Waals surface area (Å²) in [5, 5.41) is 0. The number of carbonyl (C=O) groups excluding carboxylic acids is 1. The molecule has 2 aromatic rings. The van der Waals surface area contributed by atoms with Crippen LogP contribution in [-0.4, -0.2) is 23.1 Å². The average Bonchev–Trinajstić information content (AvgIpc) is 3.21. The maximum atomic E-state index is 11.9. The molecule has 0 atom stereocenters. The number of aliphatic imine (C=N–C) groups is 1. The third-order valence-corrected chi connectivity index (χ3v) is 6.38. The second-order valence-electron chi connectivity index (χ2n) is 6.04. The summed E-state index contributed by atoms with van der Waals surface area (Å²) < 4.78 is 0.820. The van der Waals surface area contributed by atoms with E-state index in [4.69, 9.17) is 0 Å². The molecule has 126 valence electrons. The standard InChI is InChI=1S/C20H18N2OS2/c1-24-20-21-19(23)18(25-20)12-14-6-8-15(9-7-14)13-22-11-10-16-4-2-3-5-17(16)22/h2-9,12H,10-11,13H2,1H3. The van der Waals surface area contributed by atoms with Gasteiger partial charge in [-0.25, -0.2) is 0 Å². The Morgan fingerprint density at radius 1 is 1.20 bits per heavy atom. The van der Waals surface area contributed by atoms with Gasteiger partial charge in [-0.1, -0.05) is 54.2 Å². The Morgan fingerprint density at radius 3 is 2.76 bits per heavy atom. The van der Waals surface area contributed by atoms with Gasteiger partial charge in [-0.15, -0.1) is 11.8 Å². The van der Waals surface area contributed by atoms with E-state index in [1.165, 1.54) is 40.3 Å². The molecule has 0 saturated carbocycles. The molecule has 2 aliphatic heterocycles. The number of nitrogens with zero attached hydrogens (tertiary/aromatic N) is 2. The zero-order chi connectivity index (χ0) is 17.2. The molecule has 5 heteroatoms. The Bertz CT molecular complexity index is 872. The van der Waals surface area contributed by atoms with Crippen LogP contribution in [0.15, 0.2) is 58.4 Å². The number of carbonyl (C=O) groups is 1. The van der Waals surface area contributed by atoms with Crippen LogP contribution < -0.4 is 4.90 Å². The van der Waals surface area contributed by atoms with Crippen molar-refractivity contribution in [3.05, 3.63) is 70.1 Å². The van der Waals surface area contributed by atoms with E-state index in [1.807, 2.05) is 12.3 Å². The van der Waals surface area contributed by atoms with E-state index in [0.717, 1.165) is 29.4 Å². The molecule has 4 rings (SSSR count). The van der Waals surface area contributed by atoms with Gasteiger partial charge in [0.2, 0.25) is 0 Å². The maximum Gasteiger partial charge on any atom is 0.285 e. The topological polar surface area (TPSA) is 32.7 Å². The molecule has 0 unspecified atom stereocenters. The van der Waals surface area contributed by atoms with Crippen molar-refractivity contribution in [2.75, 3.05) is 17.7 Å². The smallest absolute Gasteiger partial charge is 0.285 e. The minimum absolute atomic E-state index is 0.132. The van der Waals surface area contributed by atoms with E-state index in [2.05, 4.69) is 58.4 Å². The fourth-order valence-corrected chi connectivity index (χ4v) is 4.56. The molecule has 0 aliphatic carbocycles. The Balaban J connectivity index is 1.46. The first-order valence-electron chi connectivity index (χ1n) is 8.21. The summed E-state index contributed by atoms with van der Waals surface area (Å²) in [6.45, 7) is 1.99. The Hall–Kier alpha value is -1.98. The molecule has 0 fully saturated rings. The van der Waals surface area contributed by atoms with Gasteiger partial charge < -0.3 is 4.90 Å². The van der Waals surface area contributed by atoms with Crippen molar-refractivity contribution < 1.29 is 4.79 Å². The highest BCUT2D eigenvalue weighted by molar-refractivity contribution is 8.40. The predicted octanol–water partition coefficient (Wildman–Crippen LogP) is 4.58. The van der Waals surface area contributed by atoms with Crippen LogP contribution in [0.4, 0.5) is 5.69 Å². The van der Waals surface area contributed by atoms with Crippen LogP contribution in [0.1, 0.15) is 16.7 Å². The fourth-order valence-electron chi connectivity index (χ4n) is 3.14. The zero-order valence-electron chi connectivity index (χ0n) is 13.9. The van der Waals surface area contributed by atoms with Crippen LogP contribution in [0.5, 0.6) is 0 Å². The lowest BCUT2D eigenvalue weighted by atomic mass is 10.1. The summed E-state index contributed by atoms with van der Waals surface area (Å²) in [4.78, 5) is 19.0. The molecule has 3 nitrogen and oxygen atoms in total. The zero-order valence-corrected chi connectivity index (χ0v) is 15.6. The fraction of sp³-hybridized carbons (Fsp3) is 0.200. The molecule has 2 heterocycles. The summed E-state index contributed by atoms with van der Waals surface area (Å²) in [6.07, 6.45) is 4.99. The number of fused-ring (bicyclic) bond motifs is 1. The molecule has 25 heavy (non-hydrogen) atoms. The van der Waals surface area contributed by atoms with Gasteiger partial charge in [0.05, 0.1) is 4.91 Å². The lowest BCUT2D eigenvalue weighted by Gasteiger charge is -2.19. The second kappa shape index (κ2) is 7.10. The van der Waals surface area contributed by atoms with Crippen molar-refractivity contribution in [3.8, 4) is 0 Å². The number of rotatable bonds is 3. The molecule has 0 aromatic heterocycles. The Kier molecular flexibility index (Phi) is 4.68. The van der Waals surface area contributed by atoms with E-state index in [0.29, 0.717) is 4.91 Å². The number of hydrogen-bond donors (Lipinski definition) is 0. The average molecular weight is 367 g/mol. The lowest BCUT2D eigenvalue weighted by molar-refractivity contribution is -0.113. The first-order chi connectivity index (χ1) is 12.2. The molecule has 2 aromatic carbocycles. The number of anilines is 1. The second-order valence-corrected chi connectivity index (χ2v) is 8.12.